The van der Waals surface area contributed by atoms with Gasteiger partial charge in [-0.3, -0.25) is 4.79 Å². The van der Waals surface area contributed by atoms with Crippen molar-refractivity contribution < 1.29 is 4.79 Å². The van der Waals surface area contributed by atoms with Crippen molar-refractivity contribution in [3.8, 4) is 6.07 Å². The molecule has 1 spiro atoms. The first-order valence-electron chi connectivity index (χ1n) is 6.30. The van der Waals surface area contributed by atoms with Gasteiger partial charge in [-0.05, 0) is 30.6 Å². The fraction of sp³-hybridized carbons (Fsp3) is 0.846. The Balaban J connectivity index is 1.92. The number of hydrogen-bond acceptors (Lipinski definition) is 2. The highest BCUT2D eigenvalue weighted by molar-refractivity contribution is 5.78. The molecule has 1 heterocycles. The second-order valence-electron chi connectivity index (χ2n) is 5.58. The molecule has 0 aromatic carbocycles. The largest absolute Gasteiger partial charge is 0.341 e. The summed E-state index contributed by atoms with van der Waals surface area (Å²) < 4.78 is 0. The molecular formula is C13H20N2O. The maximum atomic E-state index is 11.6. The summed E-state index contributed by atoms with van der Waals surface area (Å²) in [4.78, 5) is 13.5. The van der Waals surface area contributed by atoms with E-state index in [1.54, 1.807) is 0 Å². The highest BCUT2D eigenvalue weighted by Gasteiger charge is 2.41. The molecule has 0 radical (unpaired) electrons. The Hall–Kier alpha value is -1.04. The maximum absolute atomic E-state index is 11.6. The highest BCUT2D eigenvalue weighted by Crippen LogP contribution is 2.45. The third-order valence-corrected chi connectivity index (χ3v) is 4.36. The van der Waals surface area contributed by atoms with Gasteiger partial charge in [-0.2, -0.15) is 5.26 Å². The van der Waals surface area contributed by atoms with Crippen LogP contribution in [-0.4, -0.2) is 23.9 Å². The van der Waals surface area contributed by atoms with Gasteiger partial charge in [-0.25, -0.2) is 0 Å². The van der Waals surface area contributed by atoms with E-state index in [1.807, 2.05) is 11.0 Å². The van der Waals surface area contributed by atoms with E-state index in [0.717, 1.165) is 25.4 Å². The third-order valence-electron chi connectivity index (χ3n) is 4.36. The van der Waals surface area contributed by atoms with Gasteiger partial charge in [0.25, 0.3) is 0 Å². The number of hydrogen-bond donors (Lipinski definition) is 0. The second kappa shape index (κ2) is 4.45. The highest BCUT2D eigenvalue weighted by atomic mass is 16.2. The molecular weight excluding hydrogens is 200 g/mol. The number of amides is 1. The van der Waals surface area contributed by atoms with Crippen molar-refractivity contribution in [3.05, 3.63) is 0 Å². The number of carbonyl (C=O) groups is 1. The predicted molar refractivity (Wildman–Crippen MR) is 61.5 cm³/mol. The number of carbonyl (C=O) groups excluding carboxylic acids is 1. The van der Waals surface area contributed by atoms with Crippen LogP contribution in [0.3, 0.4) is 0 Å². The SMILES string of the molecule is CC1CCC2(CC1)CCN(C(=O)CC#N)C2. The lowest BCUT2D eigenvalue weighted by atomic mass is 9.70. The molecule has 3 heteroatoms. The topological polar surface area (TPSA) is 44.1 Å². The Morgan fingerprint density at radius 2 is 2.12 bits per heavy atom. The molecule has 2 rings (SSSR count). The van der Waals surface area contributed by atoms with E-state index in [-0.39, 0.29) is 12.3 Å². The molecule has 1 amide bonds. The van der Waals surface area contributed by atoms with Crippen molar-refractivity contribution in [1.29, 1.82) is 5.26 Å². The Labute approximate surface area is 97.4 Å². The Morgan fingerprint density at radius 1 is 1.44 bits per heavy atom. The molecule has 2 aliphatic rings. The molecule has 3 nitrogen and oxygen atoms in total. The van der Waals surface area contributed by atoms with Crippen molar-refractivity contribution in [1.82, 2.24) is 4.90 Å². The molecule has 1 saturated heterocycles. The van der Waals surface area contributed by atoms with Crippen molar-refractivity contribution in [3.63, 3.8) is 0 Å². The van der Waals surface area contributed by atoms with Crippen LogP contribution < -0.4 is 0 Å². The first-order chi connectivity index (χ1) is 7.65. The zero-order valence-electron chi connectivity index (χ0n) is 10.0. The van der Waals surface area contributed by atoms with Crippen LogP contribution in [0.2, 0.25) is 0 Å². The fourth-order valence-corrected chi connectivity index (χ4v) is 3.11. The fourth-order valence-electron chi connectivity index (χ4n) is 3.11. The van der Waals surface area contributed by atoms with Gasteiger partial charge in [0.1, 0.15) is 6.42 Å². The summed E-state index contributed by atoms with van der Waals surface area (Å²) in [6.45, 7) is 4.09. The monoisotopic (exact) mass is 220 g/mol. The van der Waals surface area contributed by atoms with Crippen LogP contribution in [0.4, 0.5) is 0 Å². The van der Waals surface area contributed by atoms with Gasteiger partial charge < -0.3 is 4.90 Å². The van der Waals surface area contributed by atoms with Crippen molar-refractivity contribution in [2.24, 2.45) is 11.3 Å². The van der Waals surface area contributed by atoms with Gasteiger partial charge in [0.15, 0.2) is 0 Å². The van der Waals surface area contributed by atoms with Gasteiger partial charge >= 0.3 is 0 Å². The molecule has 2 fully saturated rings. The maximum Gasteiger partial charge on any atom is 0.236 e. The number of rotatable bonds is 1. The van der Waals surface area contributed by atoms with Gasteiger partial charge in [0.05, 0.1) is 6.07 Å². The van der Waals surface area contributed by atoms with Gasteiger partial charge in [0.2, 0.25) is 5.91 Å². The molecule has 0 aromatic rings. The Morgan fingerprint density at radius 3 is 2.75 bits per heavy atom. The lowest BCUT2D eigenvalue weighted by molar-refractivity contribution is -0.129. The molecule has 88 valence electrons. The van der Waals surface area contributed by atoms with Crippen LogP contribution in [-0.2, 0) is 4.79 Å². The minimum Gasteiger partial charge on any atom is -0.341 e. The van der Waals surface area contributed by atoms with E-state index in [4.69, 9.17) is 5.26 Å². The summed E-state index contributed by atoms with van der Waals surface area (Å²) in [5.74, 6) is 0.882. The van der Waals surface area contributed by atoms with Crippen LogP contribution in [0.5, 0.6) is 0 Å². The average Bonchev–Trinajstić information content (AvgIpc) is 2.68. The zero-order chi connectivity index (χ0) is 11.6. The van der Waals surface area contributed by atoms with E-state index >= 15 is 0 Å². The predicted octanol–water partition coefficient (Wildman–Crippen LogP) is 2.33. The van der Waals surface area contributed by atoms with Gasteiger partial charge in [-0.1, -0.05) is 19.8 Å². The third kappa shape index (κ3) is 2.21. The summed E-state index contributed by atoms with van der Waals surface area (Å²) in [7, 11) is 0. The molecule has 0 bridgehead atoms. The molecule has 0 aromatic heterocycles. The molecule has 1 aliphatic heterocycles. The van der Waals surface area contributed by atoms with Crippen molar-refractivity contribution >= 4 is 5.91 Å². The summed E-state index contributed by atoms with van der Waals surface area (Å²) >= 11 is 0. The smallest absolute Gasteiger partial charge is 0.236 e. The standard InChI is InChI=1S/C13H20N2O/c1-11-2-5-13(6-3-11)7-9-15(10-13)12(16)4-8-14/h11H,2-7,9-10H2,1H3. The number of likely N-dealkylation sites (tertiary alicyclic amines) is 1. The molecule has 0 unspecified atom stereocenters. The minimum absolute atomic E-state index is 0.0259. The molecule has 0 atom stereocenters. The number of nitrogens with zero attached hydrogens (tertiary/aromatic N) is 2. The van der Waals surface area contributed by atoms with Crippen molar-refractivity contribution in [2.75, 3.05) is 13.1 Å². The summed E-state index contributed by atoms with van der Waals surface area (Å²) in [6.07, 6.45) is 6.35. The summed E-state index contributed by atoms with van der Waals surface area (Å²) in [6, 6.07) is 1.95. The van der Waals surface area contributed by atoms with Crippen LogP contribution in [0.1, 0.15) is 45.4 Å². The van der Waals surface area contributed by atoms with Crippen LogP contribution in [0.25, 0.3) is 0 Å². The second-order valence-corrected chi connectivity index (χ2v) is 5.58. The van der Waals surface area contributed by atoms with Crippen LogP contribution >= 0.6 is 0 Å². The molecule has 1 saturated carbocycles. The lowest BCUT2D eigenvalue weighted by Crippen LogP contribution is -2.33. The minimum atomic E-state index is 0.0259. The van der Waals surface area contributed by atoms with E-state index in [0.29, 0.717) is 5.41 Å². The quantitative estimate of drug-likeness (QED) is 0.680. The van der Waals surface area contributed by atoms with Crippen LogP contribution in [0.15, 0.2) is 0 Å². The summed E-state index contributed by atoms with van der Waals surface area (Å²) in [5, 5.41) is 8.54. The average molecular weight is 220 g/mol. The molecule has 1 aliphatic carbocycles. The Kier molecular flexibility index (Phi) is 3.18. The van der Waals surface area contributed by atoms with Crippen molar-refractivity contribution in [2.45, 2.75) is 45.4 Å². The molecule has 0 N–H and O–H groups in total. The molecule has 16 heavy (non-hydrogen) atoms. The number of nitriles is 1. The summed E-state index contributed by atoms with van der Waals surface area (Å²) in [5.41, 5.74) is 0.400. The lowest BCUT2D eigenvalue weighted by Gasteiger charge is -2.36. The van der Waals surface area contributed by atoms with Gasteiger partial charge in [-0.15, -0.1) is 0 Å². The Bertz CT molecular complexity index is 310. The van der Waals surface area contributed by atoms with Crippen LogP contribution in [0, 0.1) is 22.7 Å². The first-order valence-corrected chi connectivity index (χ1v) is 6.30. The zero-order valence-corrected chi connectivity index (χ0v) is 10.0. The van der Waals surface area contributed by atoms with E-state index in [1.165, 1.54) is 25.7 Å². The normalized spacial score (nSPS) is 34.0. The van der Waals surface area contributed by atoms with E-state index < -0.39 is 0 Å². The van der Waals surface area contributed by atoms with E-state index in [9.17, 15) is 4.79 Å². The van der Waals surface area contributed by atoms with Gasteiger partial charge in [0, 0.05) is 13.1 Å². The first kappa shape index (κ1) is 11.4. The van der Waals surface area contributed by atoms with E-state index in [2.05, 4.69) is 6.92 Å².